The van der Waals surface area contributed by atoms with Gasteiger partial charge in [-0.25, -0.2) is 0 Å². The Bertz CT molecular complexity index is 426. The zero-order chi connectivity index (χ0) is 15.3. The van der Waals surface area contributed by atoms with E-state index in [2.05, 4.69) is 36.3 Å². The summed E-state index contributed by atoms with van der Waals surface area (Å²) >= 11 is 0. The number of rotatable bonds is 6. The average Bonchev–Trinajstić information content (AvgIpc) is 2.64. The number of carbonyl (C=O) groups excluding carboxylic acids is 1. The normalized spacial score (nSPS) is 13.3. The third-order valence-electron chi connectivity index (χ3n) is 3.85. The van der Waals surface area contributed by atoms with Gasteiger partial charge < -0.3 is 11.1 Å². The number of anilines is 1. The molecule has 0 fully saturated rings. The van der Waals surface area contributed by atoms with Gasteiger partial charge in [0, 0.05) is 6.42 Å². The number of aromatic amines is 1. The summed E-state index contributed by atoms with van der Waals surface area (Å²) in [5.41, 5.74) is 8.38. The number of nitrogens with two attached hydrogens (primary N) is 1. The fourth-order valence-corrected chi connectivity index (χ4v) is 2.45. The Kier molecular flexibility index (Phi) is 5.74. The number of hydrogen-bond donors (Lipinski definition) is 3. The lowest BCUT2D eigenvalue weighted by atomic mass is 9.76. The molecule has 1 heterocycles. The summed E-state index contributed by atoms with van der Waals surface area (Å²) in [6.07, 6.45) is 2.34. The summed E-state index contributed by atoms with van der Waals surface area (Å²) in [6, 6.07) is 0. The lowest BCUT2D eigenvalue weighted by Crippen LogP contribution is -2.25. The topological polar surface area (TPSA) is 83.8 Å². The SMILES string of the molecule is Cc1n[nH]c(C)c1NC(=O)CCC(CCN)C(C)(C)C. The average molecular weight is 280 g/mol. The molecule has 1 unspecified atom stereocenters. The van der Waals surface area contributed by atoms with Gasteiger partial charge in [0.05, 0.1) is 17.1 Å². The first-order valence-corrected chi connectivity index (χ1v) is 7.27. The third-order valence-corrected chi connectivity index (χ3v) is 3.85. The highest BCUT2D eigenvalue weighted by Gasteiger charge is 2.24. The highest BCUT2D eigenvalue weighted by atomic mass is 16.1. The predicted octanol–water partition coefficient (Wildman–Crippen LogP) is 2.76. The molecule has 0 radical (unpaired) electrons. The van der Waals surface area contributed by atoms with Crippen LogP contribution < -0.4 is 11.1 Å². The van der Waals surface area contributed by atoms with Crippen LogP contribution in [0.3, 0.4) is 0 Å². The van der Waals surface area contributed by atoms with Crippen molar-refractivity contribution >= 4 is 11.6 Å². The van der Waals surface area contributed by atoms with E-state index in [1.165, 1.54) is 0 Å². The fraction of sp³-hybridized carbons (Fsp3) is 0.733. The predicted molar refractivity (Wildman–Crippen MR) is 82.5 cm³/mol. The fourth-order valence-electron chi connectivity index (χ4n) is 2.45. The van der Waals surface area contributed by atoms with Crippen molar-refractivity contribution in [3.63, 3.8) is 0 Å². The van der Waals surface area contributed by atoms with Gasteiger partial charge in [-0.05, 0) is 44.6 Å². The Labute approximate surface area is 121 Å². The number of carbonyl (C=O) groups is 1. The van der Waals surface area contributed by atoms with Crippen molar-refractivity contribution < 1.29 is 4.79 Å². The molecular formula is C15H28N4O. The van der Waals surface area contributed by atoms with Crippen molar-refractivity contribution in [1.29, 1.82) is 0 Å². The van der Waals surface area contributed by atoms with Gasteiger partial charge in [0.1, 0.15) is 0 Å². The van der Waals surface area contributed by atoms with E-state index >= 15 is 0 Å². The molecule has 0 aliphatic heterocycles. The van der Waals surface area contributed by atoms with Crippen molar-refractivity contribution in [3.05, 3.63) is 11.4 Å². The maximum atomic E-state index is 12.1. The Morgan fingerprint density at radius 2 is 2.00 bits per heavy atom. The van der Waals surface area contributed by atoms with Gasteiger partial charge in [0.25, 0.3) is 0 Å². The molecule has 5 heteroatoms. The Morgan fingerprint density at radius 1 is 1.35 bits per heavy atom. The summed E-state index contributed by atoms with van der Waals surface area (Å²) in [7, 11) is 0. The maximum absolute atomic E-state index is 12.1. The van der Waals surface area contributed by atoms with Crippen molar-refractivity contribution in [3.8, 4) is 0 Å². The van der Waals surface area contributed by atoms with E-state index in [9.17, 15) is 4.79 Å². The molecule has 0 aliphatic carbocycles. The molecule has 0 saturated carbocycles. The Balaban J connectivity index is 2.54. The summed E-state index contributed by atoms with van der Waals surface area (Å²) in [5, 5.41) is 9.89. The van der Waals surface area contributed by atoms with Crippen molar-refractivity contribution in [2.45, 2.75) is 53.9 Å². The Morgan fingerprint density at radius 3 is 2.45 bits per heavy atom. The van der Waals surface area contributed by atoms with Crippen LogP contribution >= 0.6 is 0 Å². The van der Waals surface area contributed by atoms with Crippen molar-refractivity contribution in [2.24, 2.45) is 17.1 Å². The number of H-pyrrole nitrogens is 1. The lowest BCUT2D eigenvalue weighted by Gasteiger charge is -2.30. The Hall–Kier alpha value is -1.36. The second-order valence-corrected chi connectivity index (χ2v) is 6.54. The minimum atomic E-state index is 0.0453. The minimum absolute atomic E-state index is 0.0453. The van der Waals surface area contributed by atoms with Crippen molar-refractivity contribution in [2.75, 3.05) is 11.9 Å². The first kappa shape index (κ1) is 16.7. The van der Waals surface area contributed by atoms with Crippen LogP contribution in [0.5, 0.6) is 0 Å². The first-order chi connectivity index (χ1) is 9.25. The van der Waals surface area contributed by atoms with E-state index in [4.69, 9.17) is 5.73 Å². The van der Waals surface area contributed by atoms with Gasteiger partial charge >= 0.3 is 0 Å². The molecule has 1 amide bonds. The van der Waals surface area contributed by atoms with Gasteiger partial charge in [-0.15, -0.1) is 0 Å². The van der Waals surface area contributed by atoms with E-state index in [0.29, 0.717) is 18.9 Å². The van der Waals surface area contributed by atoms with Crippen LogP contribution in [0.15, 0.2) is 0 Å². The standard InChI is InChI=1S/C15H28N4O/c1-10-14(11(2)19-18-10)17-13(20)7-6-12(8-9-16)15(3,4)5/h12H,6-9,16H2,1-5H3,(H,17,20)(H,18,19). The molecule has 1 atom stereocenters. The number of nitrogens with zero attached hydrogens (tertiary/aromatic N) is 1. The molecule has 1 aromatic rings. The van der Waals surface area contributed by atoms with Crippen LogP contribution in [0.25, 0.3) is 0 Å². The largest absolute Gasteiger partial charge is 0.330 e. The highest BCUT2D eigenvalue weighted by molar-refractivity contribution is 5.91. The summed E-state index contributed by atoms with van der Waals surface area (Å²) < 4.78 is 0. The third kappa shape index (κ3) is 4.63. The first-order valence-electron chi connectivity index (χ1n) is 7.27. The molecule has 0 saturated heterocycles. The van der Waals surface area contributed by atoms with Crippen molar-refractivity contribution in [1.82, 2.24) is 10.2 Å². The van der Waals surface area contributed by atoms with Crippen LogP contribution in [-0.4, -0.2) is 22.6 Å². The van der Waals surface area contributed by atoms with Gasteiger partial charge in [0.2, 0.25) is 5.91 Å². The zero-order valence-corrected chi connectivity index (χ0v) is 13.3. The van der Waals surface area contributed by atoms with Crippen LogP contribution in [0.4, 0.5) is 5.69 Å². The zero-order valence-electron chi connectivity index (χ0n) is 13.3. The molecule has 0 bridgehead atoms. The van der Waals surface area contributed by atoms with Crippen LogP contribution in [-0.2, 0) is 4.79 Å². The van der Waals surface area contributed by atoms with E-state index in [1.54, 1.807) is 0 Å². The number of nitrogens with one attached hydrogen (secondary N) is 2. The van der Waals surface area contributed by atoms with Gasteiger partial charge in [-0.3, -0.25) is 9.89 Å². The molecule has 5 nitrogen and oxygen atoms in total. The second kappa shape index (κ2) is 6.88. The summed E-state index contributed by atoms with van der Waals surface area (Å²) in [4.78, 5) is 12.1. The van der Waals surface area contributed by atoms with E-state index in [-0.39, 0.29) is 11.3 Å². The van der Waals surface area contributed by atoms with Crippen LogP contribution in [0.2, 0.25) is 0 Å². The molecule has 4 N–H and O–H groups in total. The molecule has 0 spiro atoms. The molecule has 20 heavy (non-hydrogen) atoms. The molecule has 1 aromatic heterocycles. The second-order valence-electron chi connectivity index (χ2n) is 6.54. The molecule has 0 aliphatic rings. The quantitative estimate of drug-likeness (QED) is 0.749. The maximum Gasteiger partial charge on any atom is 0.224 e. The number of aromatic nitrogens is 2. The van der Waals surface area contributed by atoms with Crippen LogP contribution in [0, 0.1) is 25.2 Å². The van der Waals surface area contributed by atoms with Gasteiger partial charge in [-0.2, -0.15) is 5.10 Å². The monoisotopic (exact) mass is 280 g/mol. The smallest absolute Gasteiger partial charge is 0.224 e. The van der Waals surface area contributed by atoms with Crippen LogP contribution in [0.1, 0.15) is 51.4 Å². The van der Waals surface area contributed by atoms with E-state index in [1.807, 2.05) is 13.8 Å². The highest BCUT2D eigenvalue weighted by Crippen LogP contribution is 2.32. The molecular weight excluding hydrogens is 252 g/mol. The van der Waals surface area contributed by atoms with Gasteiger partial charge in [0.15, 0.2) is 0 Å². The van der Waals surface area contributed by atoms with E-state index in [0.717, 1.165) is 29.9 Å². The minimum Gasteiger partial charge on any atom is -0.330 e. The van der Waals surface area contributed by atoms with E-state index < -0.39 is 0 Å². The summed E-state index contributed by atoms with van der Waals surface area (Å²) in [6.45, 7) is 11.1. The lowest BCUT2D eigenvalue weighted by molar-refractivity contribution is -0.116. The molecule has 0 aromatic carbocycles. The molecule has 114 valence electrons. The molecule has 1 rings (SSSR count). The van der Waals surface area contributed by atoms with Gasteiger partial charge in [-0.1, -0.05) is 20.8 Å². The number of hydrogen-bond acceptors (Lipinski definition) is 3. The number of aryl methyl sites for hydroxylation is 2. The summed E-state index contributed by atoms with van der Waals surface area (Å²) in [5.74, 6) is 0.508. The number of amides is 1.